The van der Waals surface area contributed by atoms with Crippen LogP contribution in [0.1, 0.15) is 0 Å². The smallest absolute Gasteiger partial charge is 0.195 e. The minimum absolute atomic E-state index is 1.16. The molecule has 11 heavy (non-hydrogen) atoms. The van der Waals surface area contributed by atoms with Crippen LogP contribution < -0.4 is 4.57 Å². The first kappa shape index (κ1) is 6.35. The van der Waals surface area contributed by atoms with E-state index < -0.39 is 0 Å². The summed E-state index contributed by atoms with van der Waals surface area (Å²) < 4.78 is 1.93. The third-order valence-electron chi connectivity index (χ3n) is 1.74. The maximum Gasteiger partial charge on any atom is 0.285 e. The van der Waals surface area contributed by atoms with E-state index in [2.05, 4.69) is 24.4 Å². The van der Waals surface area contributed by atoms with Gasteiger partial charge in [-0.2, -0.15) is 4.57 Å². The lowest BCUT2D eigenvalue weighted by Gasteiger charge is -1.91. The van der Waals surface area contributed by atoms with E-state index in [0.29, 0.717) is 0 Å². The molecule has 0 aliphatic carbocycles. The number of hydrogen-bond donors (Lipinski definition) is 0. The Morgan fingerprint density at radius 1 is 1.18 bits per heavy atom. The second-order valence-electron chi connectivity index (χ2n) is 2.63. The molecule has 1 radical (unpaired) electrons. The molecule has 2 aromatic rings. The first-order valence-electron chi connectivity index (χ1n) is 3.63. The van der Waals surface area contributed by atoms with Gasteiger partial charge in [-0.1, -0.05) is 18.2 Å². The molecule has 0 atom stereocenters. The number of hydrogen-bond acceptors (Lipinski definition) is 0. The second-order valence-corrected chi connectivity index (χ2v) is 2.63. The lowest BCUT2D eigenvalue weighted by atomic mass is 10.2. The predicted octanol–water partition coefficient (Wildman–Crippen LogP) is 1.46. The van der Waals surface area contributed by atoms with Crippen molar-refractivity contribution >= 4 is 10.8 Å². The van der Waals surface area contributed by atoms with Crippen molar-refractivity contribution in [3.63, 3.8) is 0 Å². The second kappa shape index (κ2) is 2.35. The van der Waals surface area contributed by atoms with Crippen LogP contribution in [0.2, 0.25) is 0 Å². The van der Waals surface area contributed by atoms with Crippen molar-refractivity contribution in [2.75, 3.05) is 0 Å². The molecule has 0 unspecified atom stereocenters. The van der Waals surface area contributed by atoms with Crippen molar-refractivity contribution in [3.05, 3.63) is 42.7 Å². The molecule has 0 spiro atoms. The molecular weight excluding hydrogens is 134 g/mol. The molecule has 0 fully saturated rings. The average molecular weight is 143 g/mol. The molecule has 1 heteroatoms. The summed E-state index contributed by atoms with van der Waals surface area (Å²) in [4.78, 5) is 0. The lowest BCUT2D eigenvalue weighted by Crippen LogP contribution is -2.26. The minimum atomic E-state index is 1.16. The van der Waals surface area contributed by atoms with Gasteiger partial charge in [0.05, 0.1) is 5.39 Å². The Labute approximate surface area is 65.9 Å². The summed E-state index contributed by atoms with van der Waals surface area (Å²) in [5.74, 6) is 0. The molecule has 1 aromatic carbocycles. The van der Waals surface area contributed by atoms with Gasteiger partial charge in [-0.3, -0.25) is 0 Å². The van der Waals surface area contributed by atoms with Crippen LogP contribution in [-0.4, -0.2) is 0 Å². The van der Waals surface area contributed by atoms with Crippen LogP contribution in [0, 0.1) is 6.20 Å². The number of benzene rings is 1. The molecule has 0 aliphatic heterocycles. The Morgan fingerprint density at radius 3 is 2.91 bits per heavy atom. The molecule has 2 rings (SSSR count). The Hall–Kier alpha value is -1.37. The van der Waals surface area contributed by atoms with Gasteiger partial charge in [-0.05, 0) is 11.5 Å². The highest BCUT2D eigenvalue weighted by Crippen LogP contribution is 2.08. The summed E-state index contributed by atoms with van der Waals surface area (Å²) in [6, 6.07) is 10.3. The monoisotopic (exact) mass is 143 g/mol. The number of aryl methyl sites for hydroxylation is 1. The van der Waals surface area contributed by atoms with Crippen molar-refractivity contribution in [3.8, 4) is 0 Å². The molecule has 1 heterocycles. The van der Waals surface area contributed by atoms with Gasteiger partial charge in [0.1, 0.15) is 7.05 Å². The zero-order chi connectivity index (χ0) is 7.68. The lowest BCUT2D eigenvalue weighted by molar-refractivity contribution is -0.674. The summed E-state index contributed by atoms with van der Waals surface area (Å²) in [7, 11) is 1.98. The molecule has 0 N–H and O–H groups in total. The fourth-order valence-electron chi connectivity index (χ4n) is 1.16. The Bertz CT molecular complexity index is 379. The van der Waals surface area contributed by atoms with Gasteiger partial charge in [0, 0.05) is 6.07 Å². The van der Waals surface area contributed by atoms with Crippen molar-refractivity contribution in [2.24, 2.45) is 7.05 Å². The van der Waals surface area contributed by atoms with E-state index in [1.807, 2.05) is 29.9 Å². The van der Waals surface area contributed by atoms with E-state index in [9.17, 15) is 0 Å². The first-order chi connectivity index (χ1) is 5.36. The van der Waals surface area contributed by atoms with Gasteiger partial charge < -0.3 is 0 Å². The number of pyridine rings is 1. The van der Waals surface area contributed by atoms with Crippen molar-refractivity contribution in [1.82, 2.24) is 0 Å². The molecule has 53 valence electrons. The standard InChI is InChI=1S/C10H9N/c1-11-7-6-9-4-2-3-5-10(9)8-11/h2-7H,1H3/q+1. The summed E-state index contributed by atoms with van der Waals surface area (Å²) >= 11 is 0. The SMILES string of the molecule is C[n+]1[c]c2ccccc2cc1. The van der Waals surface area contributed by atoms with Crippen LogP contribution >= 0.6 is 0 Å². The van der Waals surface area contributed by atoms with E-state index in [1.165, 1.54) is 5.39 Å². The Balaban J connectivity index is 2.83. The zero-order valence-electron chi connectivity index (χ0n) is 6.41. The van der Waals surface area contributed by atoms with Gasteiger partial charge >= 0.3 is 0 Å². The van der Waals surface area contributed by atoms with E-state index in [0.717, 1.165) is 5.39 Å². The fourth-order valence-corrected chi connectivity index (χ4v) is 1.16. The quantitative estimate of drug-likeness (QED) is 0.492. The van der Waals surface area contributed by atoms with Gasteiger partial charge in [0.25, 0.3) is 6.20 Å². The van der Waals surface area contributed by atoms with Crippen LogP contribution in [0.25, 0.3) is 10.8 Å². The van der Waals surface area contributed by atoms with E-state index in [4.69, 9.17) is 0 Å². The van der Waals surface area contributed by atoms with Crippen LogP contribution in [0.3, 0.4) is 0 Å². The highest BCUT2D eigenvalue weighted by molar-refractivity contribution is 5.79. The first-order valence-corrected chi connectivity index (χ1v) is 3.63. The largest absolute Gasteiger partial charge is 0.285 e. The third kappa shape index (κ3) is 1.09. The van der Waals surface area contributed by atoms with Gasteiger partial charge in [0.2, 0.25) is 0 Å². The minimum Gasteiger partial charge on any atom is -0.195 e. The molecule has 1 nitrogen and oxygen atoms in total. The highest BCUT2D eigenvalue weighted by atomic mass is 14.9. The van der Waals surface area contributed by atoms with Crippen molar-refractivity contribution < 1.29 is 4.57 Å². The van der Waals surface area contributed by atoms with E-state index in [-0.39, 0.29) is 0 Å². The molecule has 0 saturated carbocycles. The van der Waals surface area contributed by atoms with Gasteiger partial charge in [0.15, 0.2) is 6.20 Å². The van der Waals surface area contributed by atoms with Crippen LogP contribution in [-0.2, 0) is 7.05 Å². The predicted molar refractivity (Wildman–Crippen MR) is 44.0 cm³/mol. The van der Waals surface area contributed by atoms with Crippen LogP contribution in [0.15, 0.2) is 36.5 Å². The highest BCUT2D eigenvalue weighted by Gasteiger charge is 1.96. The average Bonchev–Trinajstić information content (AvgIpc) is 2.04. The van der Waals surface area contributed by atoms with Crippen molar-refractivity contribution in [1.29, 1.82) is 0 Å². The molecule has 1 aromatic heterocycles. The van der Waals surface area contributed by atoms with Crippen LogP contribution in [0.5, 0.6) is 0 Å². The van der Waals surface area contributed by atoms with E-state index >= 15 is 0 Å². The number of aromatic nitrogens is 1. The Morgan fingerprint density at radius 2 is 2.00 bits per heavy atom. The summed E-state index contributed by atoms with van der Waals surface area (Å²) in [6.07, 6.45) is 5.21. The zero-order valence-corrected chi connectivity index (χ0v) is 6.41. The fraction of sp³-hybridized carbons (Fsp3) is 0.100. The topological polar surface area (TPSA) is 3.88 Å². The maximum absolute atomic E-state index is 3.21. The maximum atomic E-state index is 3.21. The van der Waals surface area contributed by atoms with E-state index in [1.54, 1.807) is 0 Å². The Kier molecular flexibility index (Phi) is 1.35. The van der Waals surface area contributed by atoms with Gasteiger partial charge in [-0.25, -0.2) is 0 Å². The molecular formula is C10H9N+. The number of rotatable bonds is 0. The number of nitrogens with zero attached hydrogens (tertiary/aromatic N) is 1. The molecule has 0 bridgehead atoms. The molecule has 0 aliphatic rings. The summed E-state index contributed by atoms with van der Waals surface area (Å²) in [5.41, 5.74) is 0. The molecule has 0 saturated heterocycles. The third-order valence-corrected chi connectivity index (χ3v) is 1.74. The summed E-state index contributed by atoms with van der Waals surface area (Å²) in [6.45, 7) is 0. The normalized spacial score (nSPS) is 10.3. The van der Waals surface area contributed by atoms with Gasteiger partial charge in [-0.15, -0.1) is 0 Å². The number of fused-ring (bicyclic) bond motifs is 1. The molecule has 0 amide bonds. The summed E-state index contributed by atoms with van der Waals surface area (Å²) in [5, 5.41) is 2.41. The van der Waals surface area contributed by atoms with Crippen LogP contribution in [0.4, 0.5) is 0 Å². The van der Waals surface area contributed by atoms with Crippen molar-refractivity contribution in [2.45, 2.75) is 0 Å².